The first-order chi connectivity index (χ1) is 19.8. The van der Waals surface area contributed by atoms with Crippen molar-refractivity contribution < 1.29 is 9.53 Å². The molecule has 0 N–H and O–H groups in total. The van der Waals surface area contributed by atoms with Crippen molar-refractivity contribution >= 4 is 46.1 Å². The van der Waals surface area contributed by atoms with Gasteiger partial charge in [0.05, 0.1) is 0 Å². The number of rotatable bonds is 5. The fourth-order valence-electron chi connectivity index (χ4n) is 7.13. The van der Waals surface area contributed by atoms with Crippen molar-refractivity contribution in [3.05, 3.63) is 88.8 Å². The number of hydrogen-bond acceptors (Lipinski definition) is 6. The lowest BCUT2D eigenvalue weighted by molar-refractivity contribution is -0.149. The third-order valence-electron chi connectivity index (χ3n) is 8.64. The number of thiophene rings is 2. The van der Waals surface area contributed by atoms with E-state index in [2.05, 4.69) is 71.6 Å². The molecule has 206 valence electrons. The van der Waals surface area contributed by atoms with Gasteiger partial charge in [0.2, 0.25) is 0 Å². The summed E-state index contributed by atoms with van der Waals surface area (Å²) in [6, 6.07) is 29.0. The van der Waals surface area contributed by atoms with Gasteiger partial charge < -0.3 is 9.64 Å². The van der Waals surface area contributed by atoms with Crippen LogP contribution in [0.3, 0.4) is 0 Å². The van der Waals surface area contributed by atoms with Crippen LogP contribution in [0, 0.1) is 23.2 Å². The zero-order valence-electron chi connectivity index (χ0n) is 23.5. The summed E-state index contributed by atoms with van der Waals surface area (Å²) in [5.74, 6) is 1.61. The van der Waals surface area contributed by atoms with Crippen molar-refractivity contribution in [3.63, 3.8) is 0 Å². The fourth-order valence-corrected chi connectivity index (χ4v) is 9.17. The highest BCUT2D eigenvalue weighted by atomic mass is 32.1. The molecule has 2 aromatic carbocycles. The molecule has 4 nitrogen and oxygen atoms in total. The first-order valence-electron chi connectivity index (χ1n) is 14.3. The monoisotopic (exact) mass is 576 g/mol. The average molecular weight is 577 g/mol. The molecule has 3 heterocycles. The number of esters is 1. The van der Waals surface area contributed by atoms with E-state index in [4.69, 9.17) is 4.74 Å². The van der Waals surface area contributed by atoms with Crippen LogP contribution in [0.5, 0.6) is 0 Å². The van der Waals surface area contributed by atoms with Gasteiger partial charge in [-0.2, -0.15) is 5.26 Å². The van der Waals surface area contributed by atoms with E-state index < -0.39 is 11.6 Å². The molecule has 0 spiro atoms. The van der Waals surface area contributed by atoms with Crippen LogP contribution < -0.4 is 4.90 Å². The van der Waals surface area contributed by atoms with Crippen LogP contribution in [0.2, 0.25) is 0 Å². The third-order valence-corrected chi connectivity index (χ3v) is 11.0. The molecule has 41 heavy (non-hydrogen) atoms. The Kier molecular flexibility index (Phi) is 6.41. The van der Waals surface area contributed by atoms with Gasteiger partial charge in [-0.3, -0.25) is 0 Å². The quantitative estimate of drug-likeness (QED) is 0.135. The maximum absolute atomic E-state index is 12.4. The molecule has 4 atom stereocenters. The van der Waals surface area contributed by atoms with E-state index in [0.717, 1.165) is 21.6 Å². The summed E-state index contributed by atoms with van der Waals surface area (Å²) in [6.07, 6.45) is 5.71. The molecule has 2 aliphatic carbocycles. The van der Waals surface area contributed by atoms with Crippen molar-refractivity contribution in [2.24, 2.45) is 11.8 Å². The Morgan fingerprint density at radius 1 is 0.951 bits per heavy atom. The first-order valence-corrected chi connectivity index (χ1v) is 16.0. The van der Waals surface area contributed by atoms with Crippen molar-refractivity contribution in [3.8, 4) is 26.3 Å². The molecule has 1 aliphatic heterocycles. The van der Waals surface area contributed by atoms with Crippen LogP contribution in [-0.4, -0.2) is 17.6 Å². The second-order valence-corrected chi connectivity index (χ2v) is 14.6. The number of fused-ring (bicyclic) bond motifs is 7. The number of carbonyl (C=O) groups is 1. The highest BCUT2D eigenvalue weighted by Crippen LogP contribution is 2.62. The molecule has 4 unspecified atom stereocenters. The summed E-state index contributed by atoms with van der Waals surface area (Å²) < 4.78 is 5.39. The predicted octanol–water partition coefficient (Wildman–Crippen LogP) is 9.43. The number of nitrogens with zero attached hydrogens (tertiary/aromatic N) is 2. The Morgan fingerprint density at radius 2 is 1.68 bits per heavy atom. The number of nitriles is 1. The van der Waals surface area contributed by atoms with Crippen LogP contribution >= 0.6 is 22.7 Å². The van der Waals surface area contributed by atoms with E-state index >= 15 is 0 Å². The molecule has 2 saturated carbocycles. The molecule has 4 aromatic rings. The van der Waals surface area contributed by atoms with Gasteiger partial charge in [0.1, 0.15) is 17.2 Å². The maximum atomic E-state index is 12.4. The number of para-hydroxylation sites is 1. The smallest absolute Gasteiger partial charge is 0.349 e. The maximum Gasteiger partial charge on any atom is 0.349 e. The highest BCUT2D eigenvalue weighted by molar-refractivity contribution is 7.24. The lowest BCUT2D eigenvalue weighted by atomic mass is 9.82. The van der Waals surface area contributed by atoms with Gasteiger partial charge in [0.25, 0.3) is 0 Å². The zero-order chi connectivity index (χ0) is 28.3. The third kappa shape index (κ3) is 4.71. The molecule has 7 rings (SSSR count). The first kappa shape index (κ1) is 26.3. The Balaban J connectivity index is 1.17. The van der Waals surface area contributed by atoms with Gasteiger partial charge in [0, 0.05) is 42.8 Å². The summed E-state index contributed by atoms with van der Waals surface area (Å²) in [7, 11) is 0. The lowest BCUT2D eigenvalue weighted by Gasteiger charge is -2.33. The number of anilines is 2. The van der Waals surface area contributed by atoms with E-state index in [1.54, 1.807) is 49.5 Å². The Morgan fingerprint density at radius 3 is 2.46 bits per heavy atom. The summed E-state index contributed by atoms with van der Waals surface area (Å²) in [4.78, 5) is 19.5. The van der Waals surface area contributed by atoms with Crippen LogP contribution in [0.25, 0.3) is 26.3 Å². The molecule has 3 aliphatic rings. The molecular weight excluding hydrogens is 545 g/mol. The molecule has 2 bridgehead atoms. The van der Waals surface area contributed by atoms with E-state index in [-0.39, 0.29) is 5.57 Å². The SMILES string of the molecule is CC(C)(C)OC(=O)/C(C#N)=C/c1ccc(-c2ccc(-c3ccc4c(c3)C3C5CCC(C5)C3N4c3ccccc3)s2)s1. The number of ether oxygens (including phenoxy) is 1. The van der Waals surface area contributed by atoms with Crippen molar-refractivity contribution in [1.82, 2.24) is 0 Å². The summed E-state index contributed by atoms with van der Waals surface area (Å²) >= 11 is 3.37. The molecule has 2 fully saturated rings. The van der Waals surface area contributed by atoms with Gasteiger partial charge >= 0.3 is 5.97 Å². The molecular formula is C35H32N2O2S2. The largest absolute Gasteiger partial charge is 0.456 e. The second kappa shape index (κ2) is 10.0. The van der Waals surface area contributed by atoms with Gasteiger partial charge in [-0.25, -0.2) is 4.79 Å². The van der Waals surface area contributed by atoms with Crippen molar-refractivity contribution in [2.45, 2.75) is 57.6 Å². The topological polar surface area (TPSA) is 53.3 Å². The normalized spacial score (nSPS) is 22.9. The van der Waals surface area contributed by atoms with Gasteiger partial charge in [-0.05, 0) is 118 Å². The molecule has 2 aromatic heterocycles. The Bertz CT molecular complexity index is 1700. The van der Waals surface area contributed by atoms with Crippen LogP contribution in [-0.2, 0) is 9.53 Å². The standard InChI is InChI=1S/C35H32N2O2S2/c1-35(2,3)39-34(38)24(20-36)18-26-12-14-30(40-26)31-16-15-29(41-31)21-11-13-28-27(19-21)32-22-9-10-23(17-22)33(32)37(28)25-7-5-4-6-8-25/h4-8,11-16,18-19,22-23,32-33H,9-10,17H2,1-3H3/b24-18+. The molecule has 0 radical (unpaired) electrons. The Labute approximate surface area is 249 Å². The minimum absolute atomic E-state index is 0.0156. The van der Waals surface area contributed by atoms with E-state index in [1.165, 1.54) is 51.5 Å². The Hall–Kier alpha value is -3.66. The number of hydrogen-bond donors (Lipinski definition) is 0. The van der Waals surface area contributed by atoms with Gasteiger partial charge in [-0.15, -0.1) is 22.7 Å². The lowest BCUT2D eigenvalue weighted by Crippen LogP contribution is -2.35. The van der Waals surface area contributed by atoms with Crippen LogP contribution in [0.15, 0.2) is 78.4 Å². The fraction of sp³-hybridized carbons (Fsp3) is 0.314. The number of benzene rings is 2. The van der Waals surface area contributed by atoms with E-state index in [0.29, 0.717) is 12.0 Å². The van der Waals surface area contributed by atoms with Gasteiger partial charge in [-0.1, -0.05) is 24.3 Å². The summed E-state index contributed by atoms with van der Waals surface area (Å²) in [6.45, 7) is 5.40. The van der Waals surface area contributed by atoms with E-state index in [1.807, 2.05) is 12.1 Å². The minimum atomic E-state index is -0.642. The molecule has 0 saturated heterocycles. The van der Waals surface area contributed by atoms with Gasteiger partial charge in [0.15, 0.2) is 0 Å². The molecule has 6 heteroatoms. The summed E-state index contributed by atoms with van der Waals surface area (Å²) in [5.41, 5.74) is 4.88. The van der Waals surface area contributed by atoms with E-state index in [9.17, 15) is 10.1 Å². The second-order valence-electron chi connectivity index (χ2n) is 12.4. The van der Waals surface area contributed by atoms with Crippen LogP contribution in [0.4, 0.5) is 11.4 Å². The number of carbonyl (C=O) groups excluding carboxylic acids is 1. The predicted molar refractivity (Wildman–Crippen MR) is 168 cm³/mol. The van der Waals surface area contributed by atoms with Crippen molar-refractivity contribution in [2.75, 3.05) is 4.90 Å². The molecule has 0 amide bonds. The zero-order valence-corrected chi connectivity index (χ0v) is 25.1. The average Bonchev–Trinajstić information content (AvgIpc) is 3.78. The minimum Gasteiger partial charge on any atom is -0.456 e. The van der Waals surface area contributed by atoms with Crippen LogP contribution in [0.1, 0.15) is 56.4 Å². The highest BCUT2D eigenvalue weighted by Gasteiger charge is 2.55. The van der Waals surface area contributed by atoms with Crippen molar-refractivity contribution in [1.29, 1.82) is 5.26 Å². The summed E-state index contributed by atoms with van der Waals surface area (Å²) in [5, 5.41) is 9.53.